The van der Waals surface area contributed by atoms with Crippen LogP contribution >= 0.6 is 23.8 Å². The summed E-state index contributed by atoms with van der Waals surface area (Å²) in [6, 6.07) is 14.3. The lowest BCUT2D eigenvalue weighted by molar-refractivity contribution is 0.311. The van der Waals surface area contributed by atoms with Gasteiger partial charge in [0.1, 0.15) is 5.82 Å². The molecule has 1 aliphatic rings. The molecule has 0 aliphatic carbocycles. The monoisotopic (exact) mass is 398 g/mol. The van der Waals surface area contributed by atoms with Gasteiger partial charge in [-0.05, 0) is 67.4 Å². The molecule has 0 spiro atoms. The van der Waals surface area contributed by atoms with Gasteiger partial charge in [-0.2, -0.15) is 0 Å². The van der Waals surface area contributed by atoms with Gasteiger partial charge < -0.3 is 15.2 Å². The summed E-state index contributed by atoms with van der Waals surface area (Å²) >= 11 is 11.7. The number of fused-ring (bicyclic) bond motifs is 1. The molecule has 2 aromatic carbocycles. The van der Waals surface area contributed by atoms with Crippen LogP contribution in [0.5, 0.6) is 0 Å². The van der Waals surface area contributed by atoms with Gasteiger partial charge >= 0.3 is 0 Å². The van der Waals surface area contributed by atoms with Crippen molar-refractivity contribution in [2.24, 2.45) is 0 Å². The first-order valence-corrected chi connectivity index (χ1v) is 10.2. The Kier molecular flexibility index (Phi) is 5.32. The maximum Gasteiger partial charge on any atom is 0.173 e. The van der Waals surface area contributed by atoms with E-state index < -0.39 is 0 Å². The highest BCUT2D eigenvalue weighted by Crippen LogP contribution is 2.29. The average molecular weight is 399 g/mol. The predicted molar refractivity (Wildman–Crippen MR) is 117 cm³/mol. The van der Waals surface area contributed by atoms with E-state index in [1.165, 1.54) is 5.56 Å². The highest BCUT2D eigenvalue weighted by atomic mass is 35.5. The number of hydrogen-bond donors (Lipinski definition) is 2. The van der Waals surface area contributed by atoms with E-state index in [1.54, 1.807) is 0 Å². The van der Waals surface area contributed by atoms with Crippen LogP contribution < -0.4 is 5.32 Å². The molecule has 0 saturated carbocycles. The zero-order valence-electron chi connectivity index (χ0n) is 15.3. The van der Waals surface area contributed by atoms with Crippen LogP contribution in [0.15, 0.2) is 42.5 Å². The Hall–Kier alpha value is -2.11. The van der Waals surface area contributed by atoms with Crippen LogP contribution in [0.4, 0.5) is 5.69 Å². The van der Waals surface area contributed by atoms with E-state index in [-0.39, 0.29) is 0 Å². The molecule has 2 heterocycles. The molecule has 1 saturated heterocycles. The zero-order chi connectivity index (χ0) is 18.8. The van der Waals surface area contributed by atoms with Gasteiger partial charge in [0.2, 0.25) is 0 Å². The Bertz CT molecular complexity index is 942. The molecule has 2 N–H and O–H groups in total. The van der Waals surface area contributed by atoms with E-state index in [1.807, 2.05) is 18.2 Å². The number of thiocarbonyl (C=S) groups is 1. The van der Waals surface area contributed by atoms with Gasteiger partial charge in [0.25, 0.3) is 0 Å². The number of aromatic amines is 1. The Balaban J connectivity index is 1.36. The zero-order valence-corrected chi connectivity index (χ0v) is 16.9. The molecule has 1 aliphatic heterocycles. The molecule has 3 aromatic rings. The second-order valence-electron chi connectivity index (χ2n) is 7.03. The lowest BCUT2D eigenvalue weighted by Gasteiger charge is -2.33. The molecule has 4 rings (SSSR count). The molecular weight excluding hydrogens is 376 g/mol. The molecule has 0 radical (unpaired) electrons. The molecule has 0 unspecified atom stereocenters. The van der Waals surface area contributed by atoms with Crippen LogP contribution in [-0.4, -0.2) is 33.1 Å². The van der Waals surface area contributed by atoms with Gasteiger partial charge in [0.15, 0.2) is 5.11 Å². The molecule has 0 atom stereocenters. The van der Waals surface area contributed by atoms with E-state index in [0.717, 1.165) is 65.0 Å². The Labute approximate surface area is 169 Å². The third kappa shape index (κ3) is 4.09. The second-order valence-corrected chi connectivity index (χ2v) is 7.85. The molecule has 27 heavy (non-hydrogen) atoms. The van der Waals surface area contributed by atoms with Crippen LogP contribution in [0.25, 0.3) is 11.0 Å². The van der Waals surface area contributed by atoms with Gasteiger partial charge in [0.05, 0.1) is 11.0 Å². The fourth-order valence-electron chi connectivity index (χ4n) is 3.58. The number of anilines is 1. The quantitative estimate of drug-likeness (QED) is 0.583. The van der Waals surface area contributed by atoms with Gasteiger partial charge in [-0.3, -0.25) is 0 Å². The largest absolute Gasteiger partial charge is 0.349 e. The average Bonchev–Trinajstić information content (AvgIpc) is 3.12. The number of imidazole rings is 1. The SMILES string of the molecule is CCc1ccc(NC(=S)N2CCC(c3nc4ccc(Cl)cc4[nH]3)CC2)cc1. The lowest BCUT2D eigenvalue weighted by atomic mass is 9.96. The smallest absolute Gasteiger partial charge is 0.173 e. The Morgan fingerprint density at radius 1 is 1.22 bits per heavy atom. The number of halogens is 1. The summed E-state index contributed by atoms with van der Waals surface area (Å²) in [5.74, 6) is 1.49. The van der Waals surface area contributed by atoms with Gasteiger partial charge in [-0.1, -0.05) is 30.7 Å². The maximum atomic E-state index is 6.08. The van der Waals surface area contributed by atoms with Gasteiger partial charge in [-0.25, -0.2) is 4.98 Å². The van der Waals surface area contributed by atoms with Gasteiger partial charge in [-0.15, -0.1) is 0 Å². The van der Waals surface area contributed by atoms with Crippen molar-refractivity contribution in [2.75, 3.05) is 18.4 Å². The van der Waals surface area contributed by atoms with Crippen molar-refractivity contribution in [1.82, 2.24) is 14.9 Å². The summed E-state index contributed by atoms with van der Waals surface area (Å²) in [6.45, 7) is 4.02. The summed E-state index contributed by atoms with van der Waals surface area (Å²) < 4.78 is 0. The third-order valence-corrected chi connectivity index (χ3v) is 5.84. The molecule has 0 amide bonds. The first-order chi connectivity index (χ1) is 13.1. The molecule has 4 nitrogen and oxygen atoms in total. The number of rotatable bonds is 3. The summed E-state index contributed by atoms with van der Waals surface area (Å²) in [6.07, 6.45) is 3.11. The van der Waals surface area contributed by atoms with Gasteiger partial charge in [0, 0.05) is 29.7 Å². The number of hydrogen-bond acceptors (Lipinski definition) is 2. The fourth-order valence-corrected chi connectivity index (χ4v) is 4.05. The molecule has 0 bridgehead atoms. The molecule has 1 fully saturated rings. The maximum absolute atomic E-state index is 6.08. The van der Waals surface area contributed by atoms with Crippen LogP contribution in [-0.2, 0) is 6.42 Å². The van der Waals surface area contributed by atoms with Crippen LogP contribution in [0, 0.1) is 0 Å². The Morgan fingerprint density at radius 3 is 2.67 bits per heavy atom. The van der Waals surface area contributed by atoms with Crippen LogP contribution in [0.2, 0.25) is 5.02 Å². The number of benzene rings is 2. The minimum atomic E-state index is 0.430. The normalized spacial score (nSPS) is 15.3. The van der Waals surface area contributed by atoms with Crippen molar-refractivity contribution < 1.29 is 0 Å². The van der Waals surface area contributed by atoms with Crippen molar-refractivity contribution in [2.45, 2.75) is 32.1 Å². The number of H-pyrrole nitrogens is 1. The van der Waals surface area contributed by atoms with E-state index in [9.17, 15) is 0 Å². The van der Waals surface area contributed by atoms with Crippen molar-refractivity contribution in [1.29, 1.82) is 0 Å². The predicted octanol–water partition coefficient (Wildman–Crippen LogP) is 5.36. The van der Waals surface area contributed by atoms with E-state index in [0.29, 0.717) is 5.92 Å². The summed E-state index contributed by atoms with van der Waals surface area (Å²) in [4.78, 5) is 10.4. The van der Waals surface area contributed by atoms with Crippen LogP contribution in [0.3, 0.4) is 0 Å². The minimum Gasteiger partial charge on any atom is -0.349 e. The summed E-state index contributed by atoms with van der Waals surface area (Å²) in [5.41, 5.74) is 4.37. The third-order valence-electron chi connectivity index (χ3n) is 5.24. The van der Waals surface area contributed by atoms with E-state index >= 15 is 0 Å². The number of nitrogens with zero attached hydrogens (tertiary/aromatic N) is 2. The number of nitrogens with one attached hydrogen (secondary N) is 2. The van der Waals surface area contributed by atoms with E-state index in [4.69, 9.17) is 28.8 Å². The molecule has 6 heteroatoms. The number of piperidine rings is 1. The number of likely N-dealkylation sites (tertiary alicyclic amines) is 1. The van der Waals surface area contributed by atoms with E-state index in [2.05, 4.69) is 46.4 Å². The minimum absolute atomic E-state index is 0.430. The Morgan fingerprint density at radius 2 is 1.96 bits per heavy atom. The molecular formula is C21H23ClN4S. The first kappa shape index (κ1) is 18.3. The van der Waals surface area contributed by atoms with Crippen molar-refractivity contribution in [3.8, 4) is 0 Å². The summed E-state index contributed by atoms with van der Waals surface area (Å²) in [5, 5.41) is 4.90. The highest BCUT2D eigenvalue weighted by molar-refractivity contribution is 7.80. The molecule has 140 valence electrons. The topological polar surface area (TPSA) is 44.0 Å². The van der Waals surface area contributed by atoms with Crippen molar-refractivity contribution in [3.63, 3.8) is 0 Å². The van der Waals surface area contributed by atoms with Crippen LogP contribution in [0.1, 0.15) is 37.1 Å². The standard InChI is InChI=1S/C21H23ClN4S/c1-2-14-3-6-17(7-4-14)23-21(27)26-11-9-15(10-12-26)20-24-18-8-5-16(22)13-19(18)25-20/h3-8,13,15H,2,9-12H2,1H3,(H,23,27)(H,24,25). The fraction of sp³-hybridized carbons (Fsp3) is 0.333. The highest BCUT2D eigenvalue weighted by Gasteiger charge is 2.24. The second kappa shape index (κ2) is 7.87. The first-order valence-electron chi connectivity index (χ1n) is 9.42. The lowest BCUT2D eigenvalue weighted by Crippen LogP contribution is -2.40. The number of aromatic nitrogens is 2. The van der Waals surface area contributed by atoms with Crippen molar-refractivity contribution in [3.05, 3.63) is 58.9 Å². The molecule has 1 aromatic heterocycles. The van der Waals surface area contributed by atoms with Crippen molar-refractivity contribution >= 4 is 45.7 Å². The number of aryl methyl sites for hydroxylation is 1. The summed E-state index contributed by atoms with van der Waals surface area (Å²) in [7, 11) is 0.